The van der Waals surface area contributed by atoms with E-state index in [1.807, 2.05) is 0 Å². The summed E-state index contributed by atoms with van der Waals surface area (Å²) in [6.45, 7) is 0.978. The van der Waals surface area contributed by atoms with Crippen molar-refractivity contribution in [3.8, 4) is 6.07 Å². The molecule has 0 aromatic carbocycles. The van der Waals surface area contributed by atoms with Crippen molar-refractivity contribution in [1.29, 1.82) is 5.26 Å². The van der Waals surface area contributed by atoms with Crippen LogP contribution >= 0.6 is 0 Å². The second-order valence-corrected chi connectivity index (χ2v) is 10.6. The summed E-state index contributed by atoms with van der Waals surface area (Å²) in [5.74, 6) is 2.88. The predicted octanol–water partition coefficient (Wildman–Crippen LogP) is 2.34. The van der Waals surface area contributed by atoms with Gasteiger partial charge < -0.3 is 15.5 Å². The summed E-state index contributed by atoms with van der Waals surface area (Å²) in [6.07, 6.45) is 12.2. The maximum absolute atomic E-state index is 13.1. The Labute approximate surface area is 173 Å². The van der Waals surface area contributed by atoms with Gasteiger partial charge in [0.25, 0.3) is 0 Å². The molecule has 2 amide bonds. The quantitative estimate of drug-likeness (QED) is 0.744. The number of nitriles is 1. The highest BCUT2D eigenvalue weighted by atomic mass is 16.2. The van der Waals surface area contributed by atoms with E-state index in [1.54, 1.807) is 4.90 Å². The molecule has 6 nitrogen and oxygen atoms in total. The molecule has 1 saturated heterocycles. The van der Waals surface area contributed by atoms with Gasteiger partial charge in [-0.3, -0.25) is 9.59 Å². The van der Waals surface area contributed by atoms with Crippen LogP contribution in [0, 0.1) is 35.0 Å². The van der Waals surface area contributed by atoms with Crippen molar-refractivity contribution in [3.63, 3.8) is 0 Å². The fraction of sp³-hybridized carbons (Fsp3) is 0.870. The SMILES string of the molecule is N#C[C@@H]1CCCN1C(=O)CN[C@@H]1CC[C@H](C(=O)NC23CC4CC(CC(C4)C2)C3)C1. The molecule has 1 aliphatic heterocycles. The molecule has 5 aliphatic carbocycles. The second kappa shape index (κ2) is 7.58. The van der Waals surface area contributed by atoms with E-state index in [1.165, 1.54) is 38.5 Å². The third-order valence-electron chi connectivity index (χ3n) is 8.49. The number of hydrogen-bond donors (Lipinski definition) is 2. The van der Waals surface area contributed by atoms with E-state index in [-0.39, 0.29) is 41.9 Å². The minimum atomic E-state index is -0.258. The number of nitrogens with one attached hydrogen (secondary N) is 2. The van der Waals surface area contributed by atoms with Crippen LogP contribution in [0.15, 0.2) is 0 Å². The van der Waals surface area contributed by atoms with Crippen molar-refractivity contribution in [2.75, 3.05) is 13.1 Å². The molecule has 6 fully saturated rings. The molecular formula is C23H34N4O2. The lowest BCUT2D eigenvalue weighted by molar-refractivity contribution is -0.131. The molecule has 4 bridgehead atoms. The van der Waals surface area contributed by atoms with Crippen LogP contribution in [0.4, 0.5) is 0 Å². The van der Waals surface area contributed by atoms with Crippen LogP contribution in [0.3, 0.4) is 0 Å². The van der Waals surface area contributed by atoms with Gasteiger partial charge >= 0.3 is 0 Å². The van der Waals surface area contributed by atoms with Crippen LogP contribution in [-0.4, -0.2) is 47.4 Å². The molecule has 0 spiro atoms. The fourth-order valence-electron chi connectivity index (χ4n) is 7.56. The van der Waals surface area contributed by atoms with E-state index < -0.39 is 0 Å². The van der Waals surface area contributed by atoms with E-state index in [2.05, 4.69) is 16.7 Å². The Morgan fingerprint density at radius 3 is 2.34 bits per heavy atom. The van der Waals surface area contributed by atoms with E-state index in [9.17, 15) is 9.59 Å². The first kappa shape index (κ1) is 19.4. The van der Waals surface area contributed by atoms with Crippen LogP contribution in [0.2, 0.25) is 0 Å². The maximum Gasteiger partial charge on any atom is 0.237 e. The van der Waals surface area contributed by atoms with E-state index >= 15 is 0 Å². The first-order valence-corrected chi connectivity index (χ1v) is 11.8. The molecular weight excluding hydrogens is 364 g/mol. The van der Waals surface area contributed by atoms with Gasteiger partial charge in [0.1, 0.15) is 6.04 Å². The average Bonchev–Trinajstić information content (AvgIpc) is 3.34. The Balaban J connectivity index is 1.10. The number of amides is 2. The molecule has 6 rings (SSSR count). The normalized spacial score (nSPS) is 42.8. The maximum atomic E-state index is 13.1. The molecule has 0 radical (unpaired) electrons. The average molecular weight is 399 g/mol. The van der Waals surface area contributed by atoms with Crippen molar-refractivity contribution in [1.82, 2.24) is 15.5 Å². The number of hydrogen-bond acceptors (Lipinski definition) is 4. The van der Waals surface area contributed by atoms with Crippen LogP contribution in [0.25, 0.3) is 0 Å². The van der Waals surface area contributed by atoms with E-state index in [0.717, 1.165) is 49.9 Å². The van der Waals surface area contributed by atoms with E-state index in [4.69, 9.17) is 5.26 Å². The summed E-state index contributed by atoms with van der Waals surface area (Å²) in [5.41, 5.74) is 0.0926. The standard InChI is InChI=1S/C23H34N4O2/c24-13-20-2-1-5-27(20)21(28)14-25-19-4-3-18(9-19)22(29)26-23-10-15-6-16(11-23)8-17(7-15)12-23/h15-20,25H,1-12,14H2,(H,26,29)/t15?,16?,17?,18-,19+,20-,23?/m0/s1. The smallest absolute Gasteiger partial charge is 0.237 e. The summed E-state index contributed by atoms with van der Waals surface area (Å²) in [7, 11) is 0. The number of nitrogens with zero attached hydrogens (tertiary/aromatic N) is 2. The zero-order chi connectivity index (χ0) is 20.0. The van der Waals surface area contributed by atoms with Crippen LogP contribution < -0.4 is 10.6 Å². The molecule has 5 saturated carbocycles. The van der Waals surface area contributed by atoms with E-state index in [0.29, 0.717) is 6.54 Å². The Morgan fingerprint density at radius 2 is 1.69 bits per heavy atom. The molecule has 0 unspecified atom stereocenters. The summed E-state index contributed by atoms with van der Waals surface area (Å²) in [4.78, 5) is 27.2. The fourth-order valence-corrected chi connectivity index (χ4v) is 7.56. The van der Waals surface area contributed by atoms with Gasteiger partial charge in [-0.2, -0.15) is 5.26 Å². The topological polar surface area (TPSA) is 85.2 Å². The third-order valence-corrected chi connectivity index (χ3v) is 8.49. The van der Waals surface area contributed by atoms with Crippen molar-refractivity contribution < 1.29 is 9.59 Å². The third kappa shape index (κ3) is 3.79. The molecule has 3 atom stereocenters. The minimum Gasteiger partial charge on any atom is -0.350 e. The molecule has 0 aromatic heterocycles. The molecule has 2 N–H and O–H groups in total. The number of carbonyl (C=O) groups is 2. The van der Waals surface area contributed by atoms with Crippen LogP contribution in [-0.2, 0) is 9.59 Å². The summed E-state index contributed by atoms with van der Waals surface area (Å²) in [5, 5.41) is 16.1. The van der Waals surface area contributed by atoms with Crippen LogP contribution in [0.5, 0.6) is 0 Å². The number of likely N-dealkylation sites (tertiary alicyclic amines) is 1. The summed E-state index contributed by atoms with van der Waals surface area (Å²) < 4.78 is 0. The lowest BCUT2D eigenvalue weighted by Gasteiger charge is -2.57. The lowest BCUT2D eigenvalue weighted by atomic mass is 9.53. The first-order chi connectivity index (χ1) is 14.0. The summed E-state index contributed by atoms with van der Waals surface area (Å²) in [6, 6.07) is 2.20. The monoisotopic (exact) mass is 398 g/mol. The summed E-state index contributed by atoms with van der Waals surface area (Å²) >= 11 is 0. The lowest BCUT2D eigenvalue weighted by Crippen LogP contribution is -2.60. The Bertz CT molecular complexity index is 679. The molecule has 29 heavy (non-hydrogen) atoms. The largest absolute Gasteiger partial charge is 0.350 e. The predicted molar refractivity (Wildman–Crippen MR) is 109 cm³/mol. The zero-order valence-corrected chi connectivity index (χ0v) is 17.4. The van der Waals surface area contributed by atoms with Crippen molar-refractivity contribution in [3.05, 3.63) is 0 Å². The minimum absolute atomic E-state index is 0.0236. The number of rotatable bonds is 5. The second-order valence-electron chi connectivity index (χ2n) is 10.6. The highest BCUT2D eigenvalue weighted by molar-refractivity contribution is 5.80. The van der Waals surface area contributed by atoms with Gasteiger partial charge in [-0.05, 0) is 88.4 Å². The molecule has 6 aliphatic rings. The molecule has 0 aromatic rings. The first-order valence-electron chi connectivity index (χ1n) is 11.8. The number of carbonyl (C=O) groups excluding carboxylic acids is 2. The van der Waals surface area contributed by atoms with Gasteiger partial charge in [0, 0.05) is 24.0 Å². The van der Waals surface area contributed by atoms with Crippen molar-refractivity contribution in [2.45, 2.75) is 88.3 Å². The Hall–Kier alpha value is -1.61. The van der Waals surface area contributed by atoms with Gasteiger partial charge in [0.05, 0.1) is 12.6 Å². The zero-order valence-electron chi connectivity index (χ0n) is 17.4. The van der Waals surface area contributed by atoms with Gasteiger partial charge in [0.15, 0.2) is 0 Å². The van der Waals surface area contributed by atoms with Gasteiger partial charge in [-0.25, -0.2) is 0 Å². The van der Waals surface area contributed by atoms with Gasteiger partial charge in [-0.15, -0.1) is 0 Å². The highest BCUT2D eigenvalue weighted by Crippen LogP contribution is 2.55. The highest BCUT2D eigenvalue weighted by Gasteiger charge is 2.52. The van der Waals surface area contributed by atoms with Gasteiger partial charge in [-0.1, -0.05) is 0 Å². The molecule has 6 heteroatoms. The molecule has 158 valence electrons. The van der Waals surface area contributed by atoms with Crippen LogP contribution in [0.1, 0.15) is 70.6 Å². The van der Waals surface area contributed by atoms with Crippen molar-refractivity contribution in [2.24, 2.45) is 23.7 Å². The van der Waals surface area contributed by atoms with Crippen molar-refractivity contribution >= 4 is 11.8 Å². The molecule has 1 heterocycles. The Morgan fingerprint density at radius 1 is 1.00 bits per heavy atom. The van der Waals surface area contributed by atoms with Gasteiger partial charge in [0.2, 0.25) is 11.8 Å². The Kier molecular flexibility index (Phi) is 5.06.